The molecule has 1 atom stereocenters. The predicted molar refractivity (Wildman–Crippen MR) is 90.0 cm³/mol. The van der Waals surface area contributed by atoms with Gasteiger partial charge in [-0.05, 0) is 32.6 Å². The van der Waals surface area contributed by atoms with Gasteiger partial charge in [-0.25, -0.2) is 0 Å². The molecule has 2 heterocycles. The molecule has 0 unspecified atom stereocenters. The molecule has 0 aromatic carbocycles. The summed E-state index contributed by atoms with van der Waals surface area (Å²) < 4.78 is 0. The first-order chi connectivity index (χ1) is 11.6. The van der Waals surface area contributed by atoms with Crippen molar-refractivity contribution in [3.8, 4) is 0 Å². The Morgan fingerprint density at radius 2 is 1.96 bits per heavy atom. The van der Waals surface area contributed by atoms with E-state index >= 15 is 0 Å². The summed E-state index contributed by atoms with van der Waals surface area (Å²) >= 11 is 0. The van der Waals surface area contributed by atoms with Gasteiger partial charge in [-0.15, -0.1) is 0 Å². The molecule has 0 bridgehead atoms. The van der Waals surface area contributed by atoms with Gasteiger partial charge in [0.1, 0.15) is 0 Å². The number of nitrogens with one attached hydrogen (secondary N) is 1. The number of carbonyl (C=O) groups excluding carboxylic acids is 2. The first-order valence-corrected chi connectivity index (χ1v) is 8.97. The molecule has 130 valence electrons. The van der Waals surface area contributed by atoms with Gasteiger partial charge >= 0.3 is 0 Å². The van der Waals surface area contributed by atoms with Gasteiger partial charge < -0.3 is 10.2 Å². The Hall–Kier alpha value is -1.98. The molecule has 1 aromatic heterocycles. The molecular formula is C18H26N4O2. The zero-order valence-electron chi connectivity index (χ0n) is 14.3. The molecule has 0 radical (unpaired) electrons. The van der Waals surface area contributed by atoms with Gasteiger partial charge in [-0.3, -0.25) is 19.6 Å². The van der Waals surface area contributed by atoms with Crippen molar-refractivity contribution in [3.63, 3.8) is 0 Å². The van der Waals surface area contributed by atoms with Crippen LogP contribution in [0.3, 0.4) is 0 Å². The fourth-order valence-electron chi connectivity index (χ4n) is 3.44. The van der Waals surface area contributed by atoms with Crippen molar-refractivity contribution in [2.75, 3.05) is 13.1 Å². The van der Waals surface area contributed by atoms with Crippen LogP contribution in [-0.4, -0.2) is 45.8 Å². The fraction of sp³-hybridized carbons (Fsp3) is 0.667. The molecule has 1 saturated heterocycles. The maximum absolute atomic E-state index is 12.4. The maximum atomic E-state index is 12.4. The zero-order chi connectivity index (χ0) is 16.9. The summed E-state index contributed by atoms with van der Waals surface area (Å²) in [5, 5.41) is 3.08. The van der Waals surface area contributed by atoms with Crippen LogP contribution in [0.15, 0.2) is 18.6 Å². The summed E-state index contributed by atoms with van der Waals surface area (Å²) in [7, 11) is 0. The lowest BCUT2D eigenvalue weighted by atomic mass is 9.83. The molecule has 1 aliphatic heterocycles. The van der Waals surface area contributed by atoms with Crippen LogP contribution in [0.1, 0.15) is 44.7 Å². The molecule has 2 fully saturated rings. The zero-order valence-corrected chi connectivity index (χ0v) is 14.3. The Morgan fingerprint density at radius 3 is 2.54 bits per heavy atom. The van der Waals surface area contributed by atoms with Crippen LogP contribution in [0, 0.1) is 11.8 Å². The van der Waals surface area contributed by atoms with Crippen LogP contribution >= 0.6 is 0 Å². The predicted octanol–water partition coefficient (Wildman–Crippen LogP) is 1.56. The van der Waals surface area contributed by atoms with Gasteiger partial charge in [-0.1, -0.05) is 6.42 Å². The van der Waals surface area contributed by atoms with Gasteiger partial charge in [0.15, 0.2) is 0 Å². The van der Waals surface area contributed by atoms with Crippen LogP contribution in [0.2, 0.25) is 0 Å². The summed E-state index contributed by atoms with van der Waals surface area (Å²) in [6.07, 6.45) is 10.5. The third kappa shape index (κ3) is 4.10. The second-order valence-corrected chi connectivity index (χ2v) is 7.04. The molecular weight excluding hydrogens is 304 g/mol. The maximum Gasteiger partial charge on any atom is 0.225 e. The number of piperidine rings is 1. The minimum Gasteiger partial charge on any atom is -0.353 e. The van der Waals surface area contributed by atoms with E-state index in [1.54, 1.807) is 18.6 Å². The SMILES string of the molecule is C[C@@H](Cc1cnccn1)NC(=O)C1CCN(C(=O)C2CCC2)CC1. The van der Waals surface area contributed by atoms with Gasteiger partial charge in [0.25, 0.3) is 0 Å². The van der Waals surface area contributed by atoms with E-state index < -0.39 is 0 Å². The number of amides is 2. The van der Waals surface area contributed by atoms with E-state index in [1.807, 2.05) is 11.8 Å². The number of hydrogen-bond acceptors (Lipinski definition) is 4. The van der Waals surface area contributed by atoms with Crippen LogP contribution in [0.5, 0.6) is 0 Å². The van der Waals surface area contributed by atoms with E-state index in [-0.39, 0.29) is 23.8 Å². The number of aromatic nitrogens is 2. The summed E-state index contributed by atoms with van der Waals surface area (Å²) in [5.74, 6) is 0.667. The molecule has 3 rings (SSSR count). The number of likely N-dealkylation sites (tertiary alicyclic amines) is 1. The van der Waals surface area contributed by atoms with Crippen molar-refractivity contribution in [1.29, 1.82) is 0 Å². The van der Waals surface area contributed by atoms with Gasteiger partial charge in [0.05, 0.1) is 5.69 Å². The molecule has 1 saturated carbocycles. The molecule has 6 nitrogen and oxygen atoms in total. The first-order valence-electron chi connectivity index (χ1n) is 8.97. The van der Waals surface area contributed by atoms with Crippen LogP contribution < -0.4 is 5.32 Å². The van der Waals surface area contributed by atoms with E-state index in [4.69, 9.17) is 0 Å². The average Bonchev–Trinajstić information content (AvgIpc) is 2.54. The van der Waals surface area contributed by atoms with E-state index in [9.17, 15) is 9.59 Å². The summed E-state index contributed by atoms with van der Waals surface area (Å²) in [6, 6.07) is 0.0313. The third-order valence-corrected chi connectivity index (χ3v) is 5.15. The second-order valence-electron chi connectivity index (χ2n) is 7.04. The van der Waals surface area contributed by atoms with Gasteiger partial charge in [0, 0.05) is 56.0 Å². The van der Waals surface area contributed by atoms with E-state index in [0.717, 1.165) is 31.4 Å². The lowest BCUT2D eigenvalue weighted by Crippen LogP contribution is -2.47. The minimum absolute atomic E-state index is 0.0137. The summed E-state index contributed by atoms with van der Waals surface area (Å²) in [6.45, 7) is 3.42. The van der Waals surface area contributed by atoms with Crippen LogP contribution in [0.25, 0.3) is 0 Å². The smallest absolute Gasteiger partial charge is 0.225 e. The Kier molecular flexibility index (Phi) is 5.43. The molecule has 24 heavy (non-hydrogen) atoms. The molecule has 0 spiro atoms. The lowest BCUT2D eigenvalue weighted by molar-refractivity contribution is -0.141. The number of nitrogens with zero attached hydrogens (tertiary/aromatic N) is 3. The Balaban J connectivity index is 1.42. The average molecular weight is 330 g/mol. The van der Waals surface area contributed by atoms with E-state index in [0.29, 0.717) is 25.4 Å². The Bertz CT molecular complexity index is 566. The normalized spacial score (nSPS) is 20.3. The highest BCUT2D eigenvalue weighted by atomic mass is 16.2. The van der Waals surface area contributed by atoms with E-state index in [1.165, 1.54) is 6.42 Å². The van der Waals surface area contributed by atoms with Crippen LogP contribution in [0.4, 0.5) is 0 Å². The number of hydrogen-bond donors (Lipinski definition) is 1. The first kappa shape index (κ1) is 16.9. The molecule has 1 N–H and O–H groups in total. The molecule has 2 aliphatic rings. The lowest BCUT2D eigenvalue weighted by Gasteiger charge is -2.36. The third-order valence-electron chi connectivity index (χ3n) is 5.15. The van der Waals surface area contributed by atoms with Crippen molar-refractivity contribution in [1.82, 2.24) is 20.2 Å². The molecule has 1 aromatic rings. The van der Waals surface area contributed by atoms with Crippen molar-refractivity contribution in [2.24, 2.45) is 11.8 Å². The van der Waals surface area contributed by atoms with Crippen molar-refractivity contribution in [2.45, 2.75) is 51.5 Å². The van der Waals surface area contributed by atoms with Crippen LogP contribution in [-0.2, 0) is 16.0 Å². The molecule has 1 aliphatic carbocycles. The van der Waals surface area contributed by atoms with Gasteiger partial charge in [0.2, 0.25) is 11.8 Å². The monoisotopic (exact) mass is 330 g/mol. The highest BCUT2D eigenvalue weighted by Gasteiger charge is 2.33. The molecule has 6 heteroatoms. The van der Waals surface area contributed by atoms with Crippen molar-refractivity contribution < 1.29 is 9.59 Å². The van der Waals surface area contributed by atoms with Crippen molar-refractivity contribution in [3.05, 3.63) is 24.3 Å². The highest BCUT2D eigenvalue weighted by molar-refractivity contribution is 5.81. The molecule has 2 amide bonds. The van der Waals surface area contributed by atoms with Crippen molar-refractivity contribution >= 4 is 11.8 Å². The minimum atomic E-state index is 0.0137. The van der Waals surface area contributed by atoms with Gasteiger partial charge in [-0.2, -0.15) is 0 Å². The summed E-state index contributed by atoms with van der Waals surface area (Å²) in [5.41, 5.74) is 0.881. The fourth-order valence-corrected chi connectivity index (χ4v) is 3.44. The standard InChI is InChI=1S/C18H26N4O2/c1-13(11-16-12-19-7-8-20-16)21-17(23)14-5-9-22(10-6-14)18(24)15-3-2-4-15/h7-8,12-15H,2-6,9-11H2,1H3,(H,21,23)/t13-/m0/s1. The van der Waals surface area contributed by atoms with E-state index in [2.05, 4.69) is 15.3 Å². The Morgan fingerprint density at radius 1 is 1.21 bits per heavy atom. The highest BCUT2D eigenvalue weighted by Crippen LogP contribution is 2.30. The topological polar surface area (TPSA) is 75.2 Å². The number of carbonyl (C=O) groups is 2. The summed E-state index contributed by atoms with van der Waals surface area (Å²) in [4.78, 5) is 34.9. The quantitative estimate of drug-likeness (QED) is 0.889. The largest absolute Gasteiger partial charge is 0.353 e. The number of rotatable bonds is 5. The second kappa shape index (κ2) is 7.73. The Labute approximate surface area is 143 Å².